The monoisotopic (exact) mass is 234 g/mol. The molecule has 1 aromatic heterocycles. The summed E-state index contributed by atoms with van der Waals surface area (Å²) in [4.78, 5) is 11.8. The van der Waals surface area contributed by atoms with Gasteiger partial charge in [0.1, 0.15) is 5.00 Å². The summed E-state index contributed by atoms with van der Waals surface area (Å²) in [7, 11) is 0. The highest BCUT2D eigenvalue weighted by atomic mass is 32.1. The zero-order valence-corrected chi connectivity index (χ0v) is 9.41. The van der Waals surface area contributed by atoms with Gasteiger partial charge in [0.2, 0.25) is 0 Å². The number of amides is 1. The maximum absolute atomic E-state index is 11.8. The van der Waals surface area contributed by atoms with Crippen LogP contribution < -0.4 is 11.1 Å². The highest BCUT2D eigenvalue weighted by Crippen LogP contribution is 2.15. The second-order valence-corrected chi connectivity index (χ2v) is 4.15. The maximum Gasteiger partial charge on any atom is 0.256 e. The van der Waals surface area contributed by atoms with Crippen molar-refractivity contribution in [3.8, 4) is 0 Å². The standard InChI is InChI=1S/C10H10N4OS/c1-6-2-7(4-8(11)3-6)10(15)13-9-5-12-14-16-9/h2-5H,11H2,1H3,(H,13,15). The summed E-state index contributed by atoms with van der Waals surface area (Å²) in [6.45, 7) is 1.89. The summed E-state index contributed by atoms with van der Waals surface area (Å²) >= 11 is 1.13. The van der Waals surface area contributed by atoms with Crippen molar-refractivity contribution >= 4 is 28.1 Å². The number of benzene rings is 1. The van der Waals surface area contributed by atoms with Crippen LogP contribution in [0, 0.1) is 6.92 Å². The molecule has 2 rings (SSSR count). The molecule has 1 amide bonds. The Balaban J connectivity index is 2.21. The third-order valence-corrected chi connectivity index (χ3v) is 2.54. The van der Waals surface area contributed by atoms with Crippen LogP contribution in [0.4, 0.5) is 10.7 Å². The number of nitrogens with two attached hydrogens (primary N) is 1. The van der Waals surface area contributed by atoms with E-state index in [0.717, 1.165) is 17.1 Å². The number of hydrogen-bond acceptors (Lipinski definition) is 5. The van der Waals surface area contributed by atoms with Crippen LogP contribution in [0.2, 0.25) is 0 Å². The Morgan fingerprint density at radius 2 is 2.25 bits per heavy atom. The third-order valence-electron chi connectivity index (χ3n) is 1.96. The van der Waals surface area contributed by atoms with Crippen LogP contribution in [-0.2, 0) is 0 Å². The van der Waals surface area contributed by atoms with Gasteiger partial charge in [-0.1, -0.05) is 4.49 Å². The smallest absolute Gasteiger partial charge is 0.256 e. The zero-order chi connectivity index (χ0) is 11.5. The van der Waals surface area contributed by atoms with E-state index >= 15 is 0 Å². The molecule has 3 N–H and O–H groups in total. The molecule has 82 valence electrons. The molecule has 0 bridgehead atoms. The molecule has 0 saturated heterocycles. The van der Waals surface area contributed by atoms with Crippen LogP contribution in [-0.4, -0.2) is 15.5 Å². The summed E-state index contributed by atoms with van der Waals surface area (Å²) in [6.07, 6.45) is 1.50. The average molecular weight is 234 g/mol. The maximum atomic E-state index is 11.8. The SMILES string of the molecule is Cc1cc(N)cc(C(=O)Nc2cnns2)c1. The number of nitrogens with one attached hydrogen (secondary N) is 1. The van der Waals surface area contributed by atoms with Crippen molar-refractivity contribution < 1.29 is 4.79 Å². The molecule has 0 aliphatic heterocycles. The van der Waals surface area contributed by atoms with E-state index in [1.54, 1.807) is 12.1 Å². The van der Waals surface area contributed by atoms with Gasteiger partial charge in [0.25, 0.3) is 5.91 Å². The highest BCUT2D eigenvalue weighted by Gasteiger charge is 2.08. The van der Waals surface area contributed by atoms with Gasteiger partial charge in [0.15, 0.2) is 0 Å². The number of anilines is 2. The van der Waals surface area contributed by atoms with E-state index in [-0.39, 0.29) is 5.91 Å². The van der Waals surface area contributed by atoms with Crippen molar-refractivity contribution in [2.75, 3.05) is 11.1 Å². The van der Waals surface area contributed by atoms with Crippen LogP contribution in [0.3, 0.4) is 0 Å². The third kappa shape index (κ3) is 2.34. The molecule has 0 unspecified atom stereocenters. The van der Waals surface area contributed by atoms with Crippen LogP contribution in [0.25, 0.3) is 0 Å². The predicted octanol–water partition coefficient (Wildman–Crippen LogP) is 1.68. The number of nitrogen functional groups attached to an aromatic ring is 1. The lowest BCUT2D eigenvalue weighted by molar-refractivity contribution is 0.102. The van der Waals surface area contributed by atoms with E-state index in [0.29, 0.717) is 16.3 Å². The molecule has 1 heterocycles. The Labute approximate surface area is 96.5 Å². The van der Waals surface area contributed by atoms with E-state index in [2.05, 4.69) is 14.9 Å². The van der Waals surface area contributed by atoms with Gasteiger partial charge < -0.3 is 11.1 Å². The number of carbonyl (C=O) groups is 1. The number of aromatic nitrogens is 2. The Bertz CT molecular complexity index is 489. The van der Waals surface area contributed by atoms with E-state index in [1.165, 1.54) is 6.20 Å². The Kier molecular flexibility index (Phi) is 2.82. The molecule has 1 aromatic carbocycles. The highest BCUT2D eigenvalue weighted by molar-refractivity contribution is 7.10. The second-order valence-electron chi connectivity index (χ2n) is 3.37. The van der Waals surface area contributed by atoms with Crippen LogP contribution in [0.1, 0.15) is 15.9 Å². The van der Waals surface area contributed by atoms with Crippen molar-refractivity contribution in [1.29, 1.82) is 0 Å². The molecular formula is C10H10N4OS. The van der Waals surface area contributed by atoms with Gasteiger partial charge >= 0.3 is 0 Å². The molecular weight excluding hydrogens is 224 g/mol. The topological polar surface area (TPSA) is 80.9 Å². The fourth-order valence-corrected chi connectivity index (χ4v) is 1.76. The molecule has 0 atom stereocenters. The summed E-state index contributed by atoms with van der Waals surface area (Å²) in [5.41, 5.74) is 7.73. The molecule has 2 aromatic rings. The van der Waals surface area contributed by atoms with Gasteiger partial charge in [0.05, 0.1) is 6.20 Å². The van der Waals surface area contributed by atoms with Gasteiger partial charge in [-0.15, -0.1) is 5.10 Å². The molecule has 0 aliphatic rings. The number of aryl methyl sites for hydroxylation is 1. The van der Waals surface area contributed by atoms with Gasteiger partial charge in [-0.25, -0.2) is 0 Å². The van der Waals surface area contributed by atoms with E-state index in [4.69, 9.17) is 5.73 Å². The first kappa shape index (κ1) is 10.6. The summed E-state index contributed by atoms with van der Waals surface area (Å²) < 4.78 is 3.66. The van der Waals surface area contributed by atoms with Crippen molar-refractivity contribution in [3.63, 3.8) is 0 Å². The van der Waals surface area contributed by atoms with Crippen molar-refractivity contribution in [2.45, 2.75) is 6.92 Å². The van der Waals surface area contributed by atoms with Crippen LogP contribution in [0.15, 0.2) is 24.4 Å². The molecule has 16 heavy (non-hydrogen) atoms. The van der Waals surface area contributed by atoms with Crippen molar-refractivity contribution in [1.82, 2.24) is 9.59 Å². The number of nitrogens with zero attached hydrogens (tertiary/aromatic N) is 2. The predicted molar refractivity (Wildman–Crippen MR) is 63.5 cm³/mol. The Hall–Kier alpha value is -1.95. The quantitative estimate of drug-likeness (QED) is 0.775. The lowest BCUT2D eigenvalue weighted by Crippen LogP contribution is -2.11. The molecule has 0 saturated carbocycles. The fraction of sp³-hybridized carbons (Fsp3) is 0.100. The number of rotatable bonds is 2. The average Bonchev–Trinajstić information content (AvgIpc) is 2.68. The van der Waals surface area contributed by atoms with E-state index in [1.807, 2.05) is 13.0 Å². The first-order valence-corrected chi connectivity index (χ1v) is 5.38. The molecule has 0 aliphatic carbocycles. The first-order valence-electron chi connectivity index (χ1n) is 4.61. The molecule has 0 spiro atoms. The molecule has 6 heteroatoms. The van der Waals surface area contributed by atoms with Crippen molar-refractivity contribution in [3.05, 3.63) is 35.5 Å². The van der Waals surface area contributed by atoms with Crippen LogP contribution >= 0.6 is 11.5 Å². The summed E-state index contributed by atoms with van der Waals surface area (Å²) in [5, 5.41) is 6.94. The molecule has 0 fully saturated rings. The minimum atomic E-state index is -0.207. The largest absolute Gasteiger partial charge is 0.399 e. The van der Waals surface area contributed by atoms with Crippen LogP contribution in [0.5, 0.6) is 0 Å². The minimum absolute atomic E-state index is 0.207. The summed E-state index contributed by atoms with van der Waals surface area (Å²) in [5.74, 6) is -0.207. The van der Waals surface area contributed by atoms with Gasteiger partial charge in [-0.3, -0.25) is 4.79 Å². The first-order chi connectivity index (χ1) is 7.65. The van der Waals surface area contributed by atoms with Gasteiger partial charge in [-0.05, 0) is 30.7 Å². The normalized spacial score (nSPS) is 10.1. The molecule has 5 nitrogen and oxygen atoms in total. The lowest BCUT2D eigenvalue weighted by atomic mass is 10.1. The van der Waals surface area contributed by atoms with E-state index < -0.39 is 0 Å². The summed E-state index contributed by atoms with van der Waals surface area (Å²) in [6, 6.07) is 5.22. The second kappa shape index (κ2) is 4.28. The minimum Gasteiger partial charge on any atom is -0.399 e. The molecule has 0 radical (unpaired) electrons. The lowest BCUT2D eigenvalue weighted by Gasteiger charge is -2.04. The number of hydrogen-bond donors (Lipinski definition) is 2. The van der Waals surface area contributed by atoms with Crippen molar-refractivity contribution in [2.24, 2.45) is 0 Å². The zero-order valence-electron chi connectivity index (χ0n) is 8.60. The Morgan fingerprint density at radius 1 is 1.44 bits per heavy atom. The van der Waals surface area contributed by atoms with Gasteiger partial charge in [-0.2, -0.15) is 0 Å². The fourth-order valence-electron chi connectivity index (χ4n) is 1.35. The van der Waals surface area contributed by atoms with E-state index in [9.17, 15) is 4.79 Å². The Morgan fingerprint density at radius 3 is 2.88 bits per heavy atom. The van der Waals surface area contributed by atoms with Gasteiger partial charge in [0, 0.05) is 22.8 Å². The number of carbonyl (C=O) groups excluding carboxylic acids is 1.